The summed E-state index contributed by atoms with van der Waals surface area (Å²) in [6, 6.07) is 8.75. The third-order valence-electron chi connectivity index (χ3n) is 4.63. The van der Waals surface area contributed by atoms with Crippen molar-refractivity contribution >= 4 is 0 Å². The van der Waals surface area contributed by atoms with Gasteiger partial charge in [0.1, 0.15) is 11.9 Å². The predicted octanol–water partition coefficient (Wildman–Crippen LogP) is 2.68. The molecular weight excluding hydrogens is 266 g/mol. The largest absolute Gasteiger partial charge is 0.490 e. The van der Waals surface area contributed by atoms with Crippen LogP contribution in [0.25, 0.3) is 0 Å². The van der Waals surface area contributed by atoms with Crippen LogP contribution in [-0.2, 0) is 9.47 Å². The maximum atomic E-state index is 6.15. The second-order valence-corrected chi connectivity index (χ2v) is 6.15. The highest BCUT2D eigenvalue weighted by Crippen LogP contribution is 2.34. The van der Waals surface area contributed by atoms with Gasteiger partial charge in [-0.15, -0.1) is 0 Å². The van der Waals surface area contributed by atoms with Crippen molar-refractivity contribution in [2.24, 2.45) is 0 Å². The number of benzene rings is 1. The van der Waals surface area contributed by atoms with E-state index in [4.69, 9.17) is 14.2 Å². The van der Waals surface area contributed by atoms with Crippen LogP contribution in [0.1, 0.15) is 37.8 Å². The maximum Gasteiger partial charge on any atom is 0.119 e. The lowest BCUT2D eigenvalue weighted by Crippen LogP contribution is -2.44. The highest BCUT2D eigenvalue weighted by Gasteiger charge is 2.41. The van der Waals surface area contributed by atoms with Crippen molar-refractivity contribution in [1.82, 2.24) is 5.32 Å². The van der Waals surface area contributed by atoms with E-state index in [9.17, 15) is 0 Å². The number of ether oxygens (including phenoxy) is 3. The fraction of sp³-hybridized carbons (Fsp3) is 0.647. The molecule has 0 amide bonds. The zero-order chi connectivity index (χ0) is 14.7. The number of nitrogens with one attached hydrogen (secondary N) is 1. The molecule has 3 rings (SSSR count). The summed E-state index contributed by atoms with van der Waals surface area (Å²) in [5.41, 5.74) is 1.18. The minimum absolute atomic E-state index is 0.0937. The molecule has 1 spiro atoms. The Morgan fingerprint density at radius 2 is 2.10 bits per heavy atom. The summed E-state index contributed by atoms with van der Waals surface area (Å²) in [5, 5.41) is 3.24. The van der Waals surface area contributed by atoms with Crippen LogP contribution in [0.4, 0.5) is 0 Å². The van der Waals surface area contributed by atoms with Crippen LogP contribution in [-0.4, -0.2) is 38.6 Å². The minimum Gasteiger partial charge on any atom is -0.490 e. The summed E-state index contributed by atoms with van der Waals surface area (Å²) in [5.74, 6) is 0.947. The molecule has 2 aliphatic heterocycles. The molecule has 2 heterocycles. The van der Waals surface area contributed by atoms with Gasteiger partial charge in [-0.25, -0.2) is 0 Å². The van der Waals surface area contributed by atoms with Crippen LogP contribution in [0.3, 0.4) is 0 Å². The van der Waals surface area contributed by atoms with Crippen LogP contribution in [0.2, 0.25) is 0 Å². The van der Waals surface area contributed by atoms with E-state index in [0.29, 0.717) is 12.6 Å². The first-order chi connectivity index (χ1) is 10.2. The molecule has 4 nitrogen and oxygen atoms in total. The molecule has 0 radical (unpaired) electrons. The van der Waals surface area contributed by atoms with E-state index >= 15 is 0 Å². The third-order valence-corrected chi connectivity index (χ3v) is 4.63. The van der Waals surface area contributed by atoms with E-state index in [1.165, 1.54) is 5.56 Å². The fourth-order valence-electron chi connectivity index (χ4n) is 3.14. The third kappa shape index (κ3) is 3.39. The zero-order valence-electron chi connectivity index (χ0n) is 12.9. The summed E-state index contributed by atoms with van der Waals surface area (Å²) in [6.07, 6.45) is 3.11. The normalized spacial score (nSPS) is 30.5. The highest BCUT2D eigenvalue weighted by atomic mass is 16.6. The standard InChI is InChI=1S/C17H25NO3/c1-13(18-2)14-3-5-15(6-4-14)21-16-7-9-20-17(11-16)8-10-19-12-17/h3-6,13,16,18H,7-12H2,1-2H3. The minimum atomic E-state index is -0.0937. The molecule has 0 aromatic heterocycles. The van der Waals surface area contributed by atoms with Gasteiger partial charge >= 0.3 is 0 Å². The fourth-order valence-corrected chi connectivity index (χ4v) is 3.14. The molecule has 21 heavy (non-hydrogen) atoms. The van der Waals surface area contributed by atoms with Crippen molar-refractivity contribution in [2.75, 3.05) is 26.9 Å². The van der Waals surface area contributed by atoms with Crippen LogP contribution < -0.4 is 10.1 Å². The second-order valence-electron chi connectivity index (χ2n) is 6.15. The molecule has 3 unspecified atom stereocenters. The van der Waals surface area contributed by atoms with Gasteiger partial charge in [-0.3, -0.25) is 0 Å². The van der Waals surface area contributed by atoms with Gasteiger partial charge in [0.2, 0.25) is 0 Å². The van der Waals surface area contributed by atoms with Gasteiger partial charge in [-0.05, 0) is 31.7 Å². The molecule has 116 valence electrons. The van der Waals surface area contributed by atoms with E-state index in [1.807, 2.05) is 7.05 Å². The molecule has 1 N–H and O–H groups in total. The quantitative estimate of drug-likeness (QED) is 0.926. The average molecular weight is 291 g/mol. The summed E-state index contributed by atoms with van der Waals surface area (Å²) >= 11 is 0. The summed E-state index contributed by atoms with van der Waals surface area (Å²) in [6.45, 7) is 4.44. The van der Waals surface area contributed by atoms with E-state index in [1.54, 1.807) is 0 Å². The monoisotopic (exact) mass is 291 g/mol. The van der Waals surface area contributed by atoms with Crippen LogP contribution in [0, 0.1) is 0 Å². The second kappa shape index (κ2) is 6.34. The van der Waals surface area contributed by atoms with Gasteiger partial charge in [0.05, 0.1) is 18.8 Å². The maximum absolute atomic E-state index is 6.15. The molecule has 3 atom stereocenters. The molecule has 0 saturated carbocycles. The first-order valence-corrected chi connectivity index (χ1v) is 7.86. The summed E-state index contributed by atoms with van der Waals surface area (Å²) in [7, 11) is 1.97. The van der Waals surface area contributed by atoms with Crippen LogP contribution in [0.15, 0.2) is 24.3 Å². The molecule has 0 aliphatic carbocycles. The van der Waals surface area contributed by atoms with E-state index in [2.05, 4.69) is 36.5 Å². The van der Waals surface area contributed by atoms with Gasteiger partial charge in [0.15, 0.2) is 0 Å². The molecule has 1 aromatic rings. The van der Waals surface area contributed by atoms with Crippen molar-refractivity contribution in [3.8, 4) is 5.75 Å². The van der Waals surface area contributed by atoms with E-state index in [0.717, 1.165) is 38.2 Å². The van der Waals surface area contributed by atoms with Gasteiger partial charge in [0.25, 0.3) is 0 Å². The zero-order valence-corrected chi connectivity index (χ0v) is 12.9. The summed E-state index contributed by atoms with van der Waals surface area (Å²) < 4.78 is 17.6. The van der Waals surface area contributed by atoms with E-state index in [-0.39, 0.29) is 11.7 Å². The Hall–Kier alpha value is -1.10. The van der Waals surface area contributed by atoms with Crippen molar-refractivity contribution < 1.29 is 14.2 Å². The van der Waals surface area contributed by atoms with Gasteiger partial charge in [0, 0.05) is 31.9 Å². The molecular formula is C17H25NO3. The SMILES string of the molecule is CNC(C)c1ccc(OC2CCOC3(CCOC3)C2)cc1. The van der Waals surface area contributed by atoms with E-state index < -0.39 is 0 Å². The summed E-state index contributed by atoms with van der Waals surface area (Å²) in [4.78, 5) is 0. The Kier molecular flexibility index (Phi) is 4.48. The smallest absolute Gasteiger partial charge is 0.119 e. The van der Waals surface area contributed by atoms with Gasteiger partial charge in [-0.1, -0.05) is 12.1 Å². The molecule has 2 fully saturated rings. The lowest BCUT2D eigenvalue weighted by Gasteiger charge is -2.37. The lowest BCUT2D eigenvalue weighted by molar-refractivity contribution is -0.112. The Morgan fingerprint density at radius 1 is 1.29 bits per heavy atom. The molecule has 4 heteroatoms. The molecule has 1 aromatic carbocycles. The first-order valence-electron chi connectivity index (χ1n) is 7.86. The molecule has 2 saturated heterocycles. The highest BCUT2D eigenvalue weighted by molar-refractivity contribution is 5.29. The van der Waals surface area contributed by atoms with Crippen molar-refractivity contribution in [2.45, 2.75) is 43.9 Å². The van der Waals surface area contributed by atoms with Crippen molar-refractivity contribution in [3.05, 3.63) is 29.8 Å². The average Bonchev–Trinajstić information content (AvgIpc) is 2.95. The number of rotatable bonds is 4. The van der Waals surface area contributed by atoms with Crippen molar-refractivity contribution in [1.29, 1.82) is 0 Å². The molecule has 0 bridgehead atoms. The van der Waals surface area contributed by atoms with Gasteiger partial charge < -0.3 is 19.5 Å². The Bertz CT molecular complexity index is 454. The predicted molar refractivity (Wildman–Crippen MR) is 81.7 cm³/mol. The number of hydrogen-bond donors (Lipinski definition) is 1. The van der Waals surface area contributed by atoms with Crippen LogP contribution >= 0.6 is 0 Å². The first kappa shape index (κ1) is 14.8. The molecule has 2 aliphatic rings. The lowest BCUT2D eigenvalue weighted by atomic mass is 9.91. The topological polar surface area (TPSA) is 39.7 Å². The number of hydrogen-bond acceptors (Lipinski definition) is 4. The Labute approximate surface area is 126 Å². The van der Waals surface area contributed by atoms with Crippen LogP contribution in [0.5, 0.6) is 5.75 Å². The Balaban J connectivity index is 1.60. The van der Waals surface area contributed by atoms with Crippen molar-refractivity contribution in [3.63, 3.8) is 0 Å². The van der Waals surface area contributed by atoms with Gasteiger partial charge in [-0.2, -0.15) is 0 Å². The Morgan fingerprint density at radius 3 is 2.76 bits per heavy atom.